The van der Waals surface area contributed by atoms with E-state index >= 15 is 0 Å². The lowest BCUT2D eigenvalue weighted by Gasteiger charge is -2.13. The van der Waals surface area contributed by atoms with Crippen molar-refractivity contribution >= 4 is 64.1 Å². The molecular formula is C15H9Cl5O. The highest BCUT2D eigenvalue weighted by atomic mass is 35.5. The summed E-state index contributed by atoms with van der Waals surface area (Å²) in [7, 11) is 0. The smallest absolute Gasteiger partial charge is 0.167 e. The van der Waals surface area contributed by atoms with Crippen LogP contribution in [0.4, 0.5) is 0 Å². The number of ether oxygens (including phenoxy) is 1. The monoisotopic (exact) mass is 380 g/mol. The number of rotatable bonds is 3. The molecule has 21 heavy (non-hydrogen) atoms. The highest BCUT2D eigenvalue weighted by molar-refractivity contribution is 6.55. The molecule has 2 rings (SSSR count). The van der Waals surface area contributed by atoms with Gasteiger partial charge in [0.15, 0.2) is 5.75 Å². The molecule has 2 aromatic carbocycles. The highest BCUT2D eigenvalue weighted by Gasteiger charge is 2.20. The predicted octanol–water partition coefficient (Wildman–Crippen LogP) is 7.39. The molecule has 0 N–H and O–H groups in total. The molecule has 0 spiro atoms. The number of allylic oxidation sites excluding steroid dienone is 1. The Kier molecular flexibility index (Phi) is 5.70. The van der Waals surface area contributed by atoms with Gasteiger partial charge in [-0.05, 0) is 18.6 Å². The molecule has 0 heterocycles. The van der Waals surface area contributed by atoms with Crippen LogP contribution < -0.4 is 4.74 Å². The van der Waals surface area contributed by atoms with Gasteiger partial charge in [-0.1, -0.05) is 88.3 Å². The van der Waals surface area contributed by atoms with Crippen LogP contribution in [-0.2, 0) is 0 Å². The second kappa shape index (κ2) is 7.13. The molecule has 0 aromatic heterocycles. The quantitative estimate of drug-likeness (QED) is 0.305. The van der Waals surface area contributed by atoms with Gasteiger partial charge in [-0.25, -0.2) is 0 Å². The lowest BCUT2D eigenvalue weighted by atomic mass is 10.2. The number of halogens is 5. The van der Waals surface area contributed by atoms with E-state index in [4.69, 9.17) is 62.7 Å². The van der Waals surface area contributed by atoms with Gasteiger partial charge in [0.05, 0.1) is 15.1 Å². The Labute approximate surface area is 148 Å². The van der Waals surface area contributed by atoms with Crippen LogP contribution in [0.15, 0.2) is 36.1 Å². The first-order chi connectivity index (χ1) is 9.91. The molecule has 0 fully saturated rings. The molecule has 6 heteroatoms. The Bertz CT molecular complexity index is 666. The first-order valence-corrected chi connectivity index (χ1v) is 7.73. The summed E-state index contributed by atoms with van der Waals surface area (Å²) < 4.78 is 5.67. The van der Waals surface area contributed by atoms with Crippen molar-refractivity contribution in [2.24, 2.45) is 0 Å². The van der Waals surface area contributed by atoms with Crippen LogP contribution in [0.5, 0.6) is 5.75 Å². The molecule has 1 nitrogen and oxygen atoms in total. The summed E-state index contributed by atoms with van der Waals surface area (Å²) in [6.07, 6.45) is 1.84. The van der Waals surface area contributed by atoms with Crippen LogP contribution in [-0.4, -0.2) is 0 Å². The van der Waals surface area contributed by atoms with Gasteiger partial charge >= 0.3 is 0 Å². The summed E-state index contributed by atoms with van der Waals surface area (Å²) in [5.41, 5.74) is 0.980. The van der Waals surface area contributed by atoms with Crippen molar-refractivity contribution in [2.45, 2.75) is 6.92 Å². The lowest BCUT2D eigenvalue weighted by molar-refractivity contribution is 0.433. The average Bonchev–Trinajstić information content (AvgIpc) is 2.48. The van der Waals surface area contributed by atoms with Gasteiger partial charge in [-0.2, -0.15) is 0 Å². The molecule has 110 valence electrons. The van der Waals surface area contributed by atoms with Crippen molar-refractivity contribution in [2.75, 3.05) is 0 Å². The maximum absolute atomic E-state index is 6.11. The predicted molar refractivity (Wildman–Crippen MR) is 92.2 cm³/mol. The molecule has 0 bridgehead atoms. The Balaban J connectivity index is 2.38. The molecule has 2 aromatic rings. The van der Waals surface area contributed by atoms with Crippen molar-refractivity contribution in [3.8, 4) is 5.75 Å². The second-order valence-electron chi connectivity index (χ2n) is 4.17. The number of hydrogen-bond donors (Lipinski definition) is 0. The Morgan fingerprint density at radius 3 is 1.81 bits per heavy atom. The molecule has 0 aliphatic heterocycles. The fraction of sp³-hybridized carbons (Fsp3) is 0.0667. The van der Waals surface area contributed by atoms with Gasteiger partial charge in [-0.15, -0.1) is 0 Å². The minimum Gasteiger partial charge on any atom is -0.459 e. The number of benzene rings is 2. The van der Waals surface area contributed by atoms with Crippen LogP contribution in [0.3, 0.4) is 0 Å². The van der Waals surface area contributed by atoms with Crippen molar-refractivity contribution in [1.82, 2.24) is 0 Å². The summed E-state index contributed by atoms with van der Waals surface area (Å²) in [6, 6.07) is 9.67. The van der Waals surface area contributed by atoms with E-state index in [9.17, 15) is 0 Å². The van der Waals surface area contributed by atoms with Crippen molar-refractivity contribution in [3.05, 3.63) is 66.8 Å². The maximum Gasteiger partial charge on any atom is 0.167 e. The summed E-state index contributed by atoms with van der Waals surface area (Å²) in [6.45, 7) is 1.77. The zero-order chi connectivity index (χ0) is 15.6. The van der Waals surface area contributed by atoms with Gasteiger partial charge < -0.3 is 4.74 Å². The molecule has 0 unspecified atom stereocenters. The largest absolute Gasteiger partial charge is 0.459 e. The van der Waals surface area contributed by atoms with E-state index in [1.54, 1.807) is 6.92 Å². The molecule has 0 amide bonds. The van der Waals surface area contributed by atoms with E-state index < -0.39 is 0 Å². The van der Waals surface area contributed by atoms with Gasteiger partial charge in [-0.3, -0.25) is 0 Å². The first-order valence-electron chi connectivity index (χ1n) is 5.84. The third-order valence-corrected chi connectivity index (χ3v) is 4.84. The van der Waals surface area contributed by atoms with Gasteiger partial charge in [0.1, 0.15) is 15.8 Å². The minimum atomic E-state index is 0.102. The lowest BCUT2D eigenvalue weighted by Crippen LogP contribution is -1.94. The van der Waals surface area contributed by atoms with E-state index in [1.165, 1.54) is 0 Å². The van der Waals surface area contributed by atoms with Crippen LogP contribution in [0.2, 0.25) is 25.1 Å². The van der Waals surface area contributed by atoms with E-state index in [-0.39, 0.29) is 30.9 Å². The highest BCUT2D eigenvalue weighted by Crippen LogP contribution is 2.48. The Morgan fingerprint density at radius 2 is 1.29 bits per heavy atom. The fourth-order valence-electron chi connectivity index (χ4n) is 1.65. The normalized spacial score (nSPS) is 11.6. The Morgan fingerprint density at radius 1 is 0.810 bits per heavy atom. The van der Waals surface area contributed by atoms with Gasteiger partial charge in [0.2, 0.25) is 0 Å². The zero-order valence-electron chi connectivity index (χ0n) is 10.8. The molecular weight excluding hydrogens is 373 g/mol. The average molecular weight is 383 g/mol. The summed E-state index contributed by atoms with van der Waals surface area (Å²) in [4.78, 5) is 0. The van der Waals surface area contributed by atoms with Crippen molar-refractivity contribution in [3.63, 3.8) is 0 Å². The molecule has 0 atom stereocenters. The number of hydrogen-bond acceptors (Lipinski definition) is 1. The molecule has 0 radical (unpaired) electrons. The van der Waals surface area contributed by atoms with E-state index in [2.05, 4.69) is 0 Å². The molecule has 0 saturated carbocycles. The third-order valence-electron chi connectivity index (χ3n) is 2.60. The molecule has 0 aliphatic carbocycles. The van der Waals surface area contributed by atoms with E-state index in [0.29, 0.717) is 5.76 Å². The van der Waals surface area contributed by atoms with Crippen LogP contribution in [0.1, 0.15) is 12.5 Å². The van der Waals surface area contributed by atoms with Crippen molar-refractivity contribution in [1.29, 1.82) is 0 Å². The minimum absolute atomic E-state index is 0.102. The first kappa shape index (κ1) is 16.8. The standard InChI is InChI=1S/C15H9Cl5O/c1-8(7-9-5-3-2-4-6-9)21-15-13(19)11(17)10(16)12(18)14(15)20/h2-7H,1H3. The summed E-state index contributed by atoms with van der Waals surface area (Å²) in [5, 5.41) is 0.560. The van der Waals surface area contributed by atoms with E-state index in [0.717, 1.165) is 5.56 Å². The maximum atomic E-state index is 6.11. The summed E-state index contributed by atoms with van der Waals surface area (Å²) >= 11 is 30.1. The van der Waals surface area contributed by atoms with E-state index in [1.807, 2.05) is 36.4 Å². The summed E-state index contributed by atoms with van der Waals surface area (Å²) in [5.74, 6) is 0.766. The third kappa shape index (κ3) is 3.80. The zero-order valence-corrected chi connectivity index (χ0v) is 14.5. The SMILES string of the molecule is CC(=Cc1ccccc1)Oc1c(Cl)c(Cl)c(Cl)c(Cl)c1Cl. The molecule has 0 saturated heterocycles. The van der Waals surface area contributed by atoms with Crippen LogP contribution in [0, 0.1) is 0 Å². The topological polar surface area (TPSA) is 9.23 Å². The fourth-order valence-corrected chi connectivity index (χ4v) is 2.85. The van der Waals surface area contributed by atoms with Crippen LogP contribution >= 0.6 is 58.0 Å². The second-order valence-corrected chi connectivity index (χ2v) is 6.06. The van der Waals surface area contributed by atoms with Gasteiger partial charge in [0.25, 0.3) is 0 Å². The molecule has 0 aliphatic rings. The van der Waals surface area contributed by atoms with Crippen LogP contribution in [0.25, 0.3) is 6.08 Å². The van der Waals surface area contributed by atoms with Crippen molar-refractivity contribution < 1.29 is 4.74 Å². The van der Waals surface area contributed by atoms with Gasteiger partial charge in [0, 0.05) is 0 Å². The Hall–Kier alpha value is -0.570.